The molecule has 4 nitrogen and oxygen atoms in total. The Bertz CT molecular complexity index is 1090. The van der Waals surface area contributed by atoms with Gasteiger partial charge in [-0.25, -0.2) is 0 Å². The van der Waals surface area contributed by atoms with E-state index in [4.69, 9.17) is 18.9 Å². The molecular formula is C24H24Br4O4. The lowest BCUT2D eigenvalue weighted by Crippen LogP contribution is -2.61. The first-order chi connectivity index (χ1) is 15.2. The van der Waals surface area contributed by atoms with Gasteiger partial charge in [0.2, 0.25) is 0 Å². The van der Waals surface area contributed by atoms with E-state index in [9.17, 15) is 0 Å². The van der Waals surface area contributed by atoms with Gasteiger partial charge in [-0.05, 0) is 35.5 Å². The van der Waals surface area contributed by atoms with Gasteiger partial charge in [-0.2, -0.15) is 0 Å². The first kappa shape index (κ1) is 18.9. The summed E-state index contributed by atoms with van der Waals surface area (Å²) in [7, 11) is 8.02. The zero-order chi connectivity index (χ0) is 21.8. The Balaban J connectivity index is 1.45. The van der Waals surface area contributed by atoms with Crippen LogP contribution < -0.4 is 0 Å². The quantitative estimate of drug-likeness (QED) is 0.422. The van der Waals surface area contributed by atoms with E-state index in [1.54, 1.807) is 0 Å². The standard InChI is InChI=1S/C24H24Br4O4/c1-29-21-13-7-8-14(21)19(27)10-6-5-9(17(10,21)25)18(13,26)22(30-2)11(5)20(28)12(6)23(19,31-3)16(8)24(20,32-4)15(7)22/h5-16H,1-4H3/t5-,6-,7-,8-,9-,10+,11+,12-,13-,14+,15+,16-,17?,18+,19-,20?,21?,22-,23+,24?/m1/s1. The monoisotopic (exact) mass is 692 g/mol. The predicted octanol–water partition coefficient (Wildman–Crippen LogP) is 3.61. The SMILES string of the molecule is COC12[C@H]3[C@H]4[C@H]5[C@@H]6C7(OC)[C@H]4[C@@]4(OC)[C@@H]8[C@@H]9[C@@H]%10[C@H](C1(Br)[C@H]9[C@@]34Br)[C@](Br)([C@@H]52)[C@@]6(OC)[C@@H]%10C87Br. The Morgan fingerprint density at radius 2 is 0.594 bits per heavy atom. The molecule has 0 aromatic rings. The van der Waals surface area contributed by atoms with Crippen molar-refractivity contribution in [3.05, 3.63) is 0 Å². The third kappa shape index (κ3) is 0.871. The number of hydrogen-bond donors (Lipinski definition) is 0. The van der Waals surface area contributed by atoms with Crippen LogP contribution in [0.2, 0.25) is 0 Å². The molecule has 20 atom stereocenters. The first-order valence-electron chi connectivity index (χ1n) is 12.2. The van der Waals surface area contributed by atoms with Gasteiger partial charge in [0, 0.05) is 63.9 Å². The van der Waals surface area contributed by atoms with Gasteiger partial charge in [0.25, 0.3) is 0 Å². The van der Waals surface area contributed by atoms with E-state index in [-0.39, 0.29) is 39.7 Å². The molecule has 12 aliphatic rings. The second kappa shape index (κ2) is 4.10. The maximum Gasteiger partial charge on any atom is 0.0956 e. The van der Waals surface area contributed by atoms with E-state index >= 15 is 0 Å². The number of methoxy groups -OCH3 is 4. The van der Waals surface area contributed by atoms with E-state index < -0.39 is 0 Å². The maximum absolute atomic E-state index is 6.95. The summed E-state index contributed by atoms with van der Waals surface area (Å²) in [6.45, 7) is 0. The molecule has 12 rings (SSSR count). The molecule has 32 heavy (non-hydrogen) atoms. The van der Waals surface area contributed by atoms with E-state index in [0.717, 1.165) is 0 Å². The highest BCUT2D eigenvalue weighted by molar-refractivity contribution is 9.11. The Morgan fingerprint density at radius 3 is 0.938 bits per heavy atom. The topological polar surface area (TPSA) is 36.9 Å². The fraction of sp³-hybridized carbons (Fsp3) is 1.00. The van der Waals surface area contributed by atoms with Crippen LogP contribution >= 0.6 is 63.7 Å². The Labute approximate surface area is 220 Å². The van der Waals surface area contributed by atoms with Gasteiger partial charge >= 0.3 is 0 Å². The maximum atomic E-state index is 6.95. The van der Waals surface area contributed by atoms with Crippen molar-refractivity contribution in [2.75, 3.05) is 28.4 Å². The first-order valence-corrected chi connectivity index (χ1v) is 15.3. The highest BCUT2D eigenvalue weighted by Crippen LogP contribution is 3.10. The second-order valence-electron chi connectivity index (χ2n) is 13.2. The summed E-state index contributed by atoms with van der Waals surface area (Å²) in [6.07, 6.45) is 0. The molecule has 8 heteroatoms. The fourth-order valence-electron chi connectivity index (χ4n) is 16.6. The number of alkyl halides is 4. The van der Waals surface area contributed by atoms with Crippen LogP contribution in [0, 0.1) is 71.0 Å². The van der Waals surface area contributed by atoms with Gasteiger partial charge < -0.3 is 18.9 Å². The van der Waals surface area contributed by atoms with Crippen molar-refractivity contribution in [3.63, 3.8) is 0 Å². The molecule has 0 aromatic heterocycles. The molecule has 12 aliphatic carbocycles. The number of hydrogen-bond acceptors (Lipinski definition) is 4. The van der Waals surface area contributed by atoms with Gasteiger partial charge in [0.15, 0.2) is 0 Å². The summed E-state index contributed by atoms with van der Waals surface area (Å²) >= 11 is 18.4. The molecule has 0 aromatic carbocycles. The lowest BCUT2D eigenvalue weighted by atomic mass is 9.72. The highest BCUT2D eigenvalue weighted by atomic mass is 79.9. The molecule has 0 radical (unpaired) electrons. The van der Waals surface area contributed by atoms with E-state index in [1.807, 2.05) is 28.4 Å². The van der Waals surface area contributed by atoms with Gasteiger partial charge in [-0.1, -0.05) is 63.7 Å². The zero-order valence-electron chi connectivity index (χ0n) is 18.1. The summed E-state index contributed by atoms with van der Waals surface area (Å²) in [5.41, 5.74) is -0.849. The Kier molecular flexibility index (Phi) is 2.43. The Morgan fingerprint density at radius 1 is 0.375 bits per heavy atom. The molecule has 0 heterocycles. The van der Waals surface area contributed by atoms with Crippen molar-refractivity contribution >= 4 is 63.7 Å². The molecule has 172 valence electrons. The fourth-order valence-corrected chi connectivity index (χ4v) is 25.1. The zero-order valence-corrected chi connectivity index (χ0v) is 24.4. The molecule has 0 saturated heterocycles. The van der Waals surface area contributed by atoms with Crippen LogP contribution in [0.3, 0.4) is 0 Å². The average molecular weight is 696 g/mol. The lowest BCUT2D eigenvalue weighted by Gasteiger charge is -2.50. The van der Waals surface area contributed by atoms with Crippen LogP contribution in [0.4, 0.5) is 0 Å². The summed E-state index contributed by atoms with van der Waals surface area (Å²) in [6, 6.07) is 0. The predicted molar refractivity (Wildman–Crippen MR) is 127 cm³/mol. The van der Waals surface area contributed by atoms with Gasteiger partial charge in [0.05, 0.1) is 39.7 Å². The minimum Gasteiger partial charge on any atom is -0.376 e. The van der Waals surface area contributed by atoms with Crippen molar-refractivity contribution in [1.82, 2.24) is 0 Å². The Hall–Kier alpha value is 1.76. The number of rotatable bonds is 4. The van der Waals surface area contributed by atoms with Gasteiger partial charge in [-0.15, -0.1) is 0 Å². The summed E-state index contributed by atoms with van der Waals surface area (Å²) in [5.74, 6) is 5.83. The smallest absolute Gasteiger partial charge is 0.0956 e. The van der Waals surface area contributed by atoms with Crippen molar-refractivity contribution < 1.29 is 18.9 Å². The minimum absolute atomic E-state index is 0.0365. The summed E-state index contributed by atoms with van der Waals surface area (Å²) in [5, 5.41) is 0. The van der Waals surface area contributed by atoms with Crippen LogP contribution in [-0.2, 0) is 18.9 Å². The third-order valence-electron chi connectivity index (χ3n) is 15.0. The lowest BCUT2D eigenvalue weighted by molar-refractivity contribution is -0.144. The van der Waals surface area contributed by atoms with E-state index in [1.165, 1.54) is 0 Å². The van der Waals surface area contributed by atoms with Crippen molar-refractivity contribution in [2.24, 2.45) is 71.0 Å². The van der Waals surface area contributed by atoms with Crippen LogP contribution in [0.5, 0.6) is 0 Å². The summed E-state index contributed by atoms with van der Waals surface area (Å²) in [4.78, 5) is 0. The van der Waals surface area contributed by atoms with E-state index in [2.05, 4.69) is 63.7 Å². The summed E-state index contributed by atoms with van der Waals surface area (Å²) < 4.78 is 27.6. The van der Waals surface area contributed by atoms with Crippen molar-refractivity contribution in [3.8, 4) is 0 Å². The van der Waals surface area contributed by atoms with Crippen molar-refractivity contribution in [1.29, 1.82) is 0 Å². The molecular weight excluding hydrogens is 672 g/mol. The average Bonchev–Trinajstić information content (AvgIpc) is 3.58. The van der Waals surface area contributed by atoms with Crippen LogP contribution in [0.15, 0.2) is 0 Å². The van der Waals surface area contributed by atoms with Gasteiger partial charge in [0.1, 0.15) is 0 Å². The van der Waals surface area contributed by atoms with E-state index in [0.29, 0.717) is 71.0 Å². The molecule has 0 amide bonds. The third-order valence-corrected chi connectivity index (χ3v) is 21.5. The molecule has 0 bridgehead atoms. The molecule has 4 unspecified atom stereocenters. The van der Waals surface area contributed by atoms with Gasteiger partial charge in [-0.3, -0.25) is 0 Å². The molecule has 12 fully saturated rings. The minimum atomic E-state index is -0.238. The van der Waals surface area contributed by atoms with Crippen LogP contribution in [0.1, 0.15) is 0 Å². The molecule has 0 aliphatic heterocycles. The second-order valence-corrected chi connectivity index (χ2v) is 18.4. The molecule has 0 N–H and O–H groups in total. The normalized spacial score (nSPS) is 90.8. The largest absolute Gasteiger partial charge is 0.376 e. The van der Waals surface area contributed by atoms with Crippen LogP contribution in [0.25, 0.3) is 0 Å². The van der Waals surface area contributed by atoms with Crippen LogP contribution in [-0.4, -0.2) is 68.1 Å². The number of halogens is 4. The molecule has 0 spiro atoms. The molecule has 12 saturated carbocycles. The van der Waals surface area contributed by atoms with Crippen molar-refractivity contribution in [2.45, 2.75) is 39.7 Å². The highest BCUT2D eigenvalue weighted by Gasteiger charge is 3.19. The number of ether oxygens (including phenoxy) is 4.